The number of aliphatic hydroxyl groups excluding tert-OH is 7. The molecule has 6 saturated heterocycles. The Morgan fingerprint density at radius 1 is 0.354 bits per heavy atom. The van der Waals surface area contributed by atoms with Gasteiger partial charge in [0.05, 0.1) is 91.6 Å². The second-order valence-corrected chi connectivity index (χ2v) is 69.5. The van der Waals surface area contributed by atoms with E-state index in [1.54, 1.807) is 22.8 Å². The number of nitrogen functional groups attached to an aromatic ring is 5. The molecule has 18 rings (SSSR count). The number of halogens is 3. The number of imidazole rings is 6. The van der Waals surface area contributed by atoms with E-state index in [1.807, 2.05) is 13.8 Å². The Bertz CT molecular complexity index is 6850. The number of hydrogen-bond donors (Lipinski definition) is 19. The summed E-state index contributed by atoms with van der Waals surface area (Å²) >= 11 is 16.2. The molecule has 810 valence electrons. The van der Waals surface area contributed by atoms with Crippen LogP contribution in [0.3, 0.4) is 0 Å². The van der Waals surface area contributed by atoms with E-state index in [4.69, 9.17) is 85.0 Å². The molecule has 12 aromatic heterocycles. The third-order valence-corrected chi connectivity index (χ3v) is 36.0. The highest BCUT2D eigenvalue weighted by molar-refractivity contribution is 9.09. The Balaban J connectivity index is 0.000000147. The number of nitrogens with one attached hydrogen (secondary N) is 7. The first-order chi connectivity index (χ1) is 68.6. The van der Waals surface area contributed by atoms with Crippen LogP contribution in [0.1, 0.15) is 89.7 Å². The van der Waals surface area contributed by atoms with Gasteiger partial charge >= 0.3 is 0 Å². The highest BCUT2D eigenvalue weighted by Gasteiger charge is 2.51. The predicted octanol–water partition coefficient (Wildman–Crippen LogP) is 3.20. The van der Waals surface area contributed by atoms with Gasteiger partial charge < -0.3 is 103 Å². The fourth-order valence-electron chi connectivity index (χ4n) is 17.5. The standard InChI is InChI=1S/C16H26N5O4P.C15H24N5O4P.C15H24N5O3P.C14H21BrN5O3P.2C14H21ClN5O3P/c1-5-17-16-19-13-10(14(24)20-16)18-8-21(13)15-12(23)11(22)9(25-15)6-7-26(2,3)4;1-23-11-10(21)8(5-6-25(2,3)4)24-14(11)20-7-17-9-12(20)18-15(16)19-13(9)22;1-8-11(21)9(5-6-24(2,3)4)23-14(8)20-7-17-10-12(20)18-15(16)19-13(10)22;3*1-24(2,3)5-4-7-10(21)8(15)13(23-7)20-6-17-9-11(20)18-14(16)19-12(9)22/h8-9,11-12,15,22-23H,2,5-7H2,1,3-4H3,(H2,17,19,20,24);7-8,10-11,14,21H,2,5-6H2,1,3-4H3,(H3,16,18,19,22);7-9,11,14,21H,2,5-6H2,1,3-4H3,(H3,16,18,19,22);3*6-8,10,13,21H,1,4-5H2,2-3H3,(H3,16,18,19,22)/t9-,11-,12-,15-;8-,10-,11-,14-;8-,9-,11+,14-;3*7-,8-,10-,13-/m111111/s1. The van der Waals surface area contributed by atoms with Crippen LogP contribution in [0.15, 0.2) is 66.7 Å². The van der Waals surface area contributed by atoms with Crippen molar-refractivity contribution >= 4 is 221 Å². The minimum absolute atomic E-state index is 0.00748. The quantitative estimate of drug-likeness (QED) is 0.0260. The van der Waals surface area contributed by atoms with Gasteiger partial charge in [-0.15, -0.1) is 102 Å². The molecule has 0 spiro atoms. The first kappa shape index (κ1) is 115. The molecule has 0 radical (unpaired) electrons. The molecule has 18 heterocycles. The number of ether oxygens (including phenoxy) is 7. The summed E-state index contributed by atoms with van der Waals surface area (Å²) in [5.41, 5.74) is 28.5. The zero-order valence-electron chi connectivity index (χ0n) is 84.4. The average molecular weight is 2270 g/mol. The molecule has 0 unspecified atom stereocenters. The van der Waals surface area contributed by atoms with Crippen LogP contribution >= 0.6 is 80.4 Å². The van der Waals surface area contributed by atoms with Crippen LogP contribution in [0.5, 0.6) is 0 Å². The van der Waals surface area contributed by atoms with Gasteiger partial charge in [-0.3, -0.25) is 86.1 Å². The molecule has 24 N–H and O–H groups in total. The number of fused-ring (bicyclic) bond motifs is 6. The van der Waals surface area contributed by atoms with Crippen LogP contribution < -0.4 is 67.3 Å². The normalized spacial score (nSPS) is 27.5. The minimum atomic E-state index is -1.26. The third kappa shape index (κ3) is 27.5. The van der Waals surface area contributed by atoms with Crippen molar-refractivity contribution in [3.63, 3.8) is 0 Å². The number of nitrogens with two attached hydrogens (primary N) is 5. The summed E-state index contributed by atoms with van der Waals surface area (Å²) < 4.78 is 50.9. The number of anilines is 6. The molecule has 12 aromatic rings. The van der Waals surface area contributed by atoms with Gasteiger partial charge in [-0.25, -0.2) is 29.9 Å². The molecule has 6 aliphatic rings. The first-order valence-corrected chi connectivity index (χ1v) is 67.2. The number of hydrogen-bond acceptors (Lipinski definition) is 38. The summed E-state index contributed by atoms with van der Waals surface area (Å²) in [6, 6.07) is 0. The molecule has 0 saturated carbocycles. The van der Waals surface area contributed by atoms with Gasteiger partial charge in [0.2, 0.25) is 35.7 Å². The Hall–Kier alpha value is -8.80. The largest absolute Gasteiger partial charge is 0.390 e. The van der Waals surface area contributed by atoms with Gasteiger partial charge in [-0.05, 0) is 162 Å². The monoisotopic (exact) mass is 2270 g/mol. The minimum Gasteiger partial charge on any atom is -0.390 e. The number of alkyl halides is 3. The molecular weight excluding hydrogens is 2130 g/mol. The van der Waals surface area contributed by atoms with Crippen LogP contribution in [-0.4, -0.2) is 422 Å². The van der Waals surface area contributed by atoms with Crippen molar-refractivity contribution in [2.45, 2.75) is 191 Å². The maximum atomic E-state index is 12.2. The number of H-pyrrole nitrogens is 6. The molecule has 59 heteroatoms. The molecule has 50 nitrogen and oxygen atoms in total. The average Bonchev–Trinajstić information content (AvgIpc) is 1.66. The number of nitrogens with zero attached hydrogens (tertiary/aromatic N) is 18. The van der Waals surface area contributed by atoms with E-state index in [1.165, 1.54) is 49.6 Å². The van der Waals surface area contributed by atoms with Crippen molar-refractivity contribution in [2.24, 2.45) is 5.92 Å². The number of aliphatic hydroxyl groups is 7. The third-order valence-electron chi connectivity index (χ3n) is 25.3. The van der Waals surface area contributed by atoms with Crippen molar-refractivity contribution in [3.05, 3.63) is 100 Å². The first-order valence-electron chi connectivity index (χ1n) is 47.1. The number of aromatic nitrogens is 24. The second-order valence-electron chi connectivity index (χ2n) is 41.6. The van der Waals surface area contributed by atoms with E-state index in [-0.39, 0.29) is 114 Å². The molecule has 0 amide bonds. The molecular formula is C88H137BrCl2N30O20P6. The molecule has 0 aliphatic carbocycles. The smallest absolute Gasteiger partial charge is 0.280 e. The summed E-state index contributed by atoms with van der Waals surface area (Å²) in [4.78, 5) is 135. The number of methoxy groups -OCH3 is 1. The van der Waals surface area contributed by atoms with Gasteiger partial charge in [0.15, 0.2) is 98.1 Å². The zero-order chi connectivity index (χ0) is 108. The lowest BCUT2D eigenvalue weighted by Gasteiger charge is -2.19. The fraction of sp³-hybridized carbons (Fsp3) is 0.591. The van der Waals surface area contributed by atoms with E-state index >= 15 is 0 Å². The second kappa shape index (κ2) is 46.4. The van der Waals surface area contributed by atoms with E-state index in [9.17, 15) is 64.5 Å². The van der Waals surface area contributed by atoms with E-state index < -0.39 is 179 Å². The summed E-state index contributed by atoms with van der Waals surface area (Å²) in [5.74, 6) is 0.172. The van der Waals surface area contributed by atoms with Crippen LogP contribution in [0.2, 0.25) is 0 Å². The fourth-order valence-corrected chi connectivity index (χ4v) is 24.6. The van der Waals surface area contributed by atoms with Crippen molar-refractivity contribution in [1.29, 1.82) is 0 Å². The van der Waals surface area contributed by atoms with Gasteiger partial charge in [-0.1, -0.05) is 22.9 Å². The van der Waals surface area contributed by atoms with Gasteiger partial charge in [-0.2, -0.15) is 29.9 Å². The SMILES string of the molecule is C=P(C)(C)CC[C@H]1O[C@@H](n2cnc3c(=O)[nH]c(N)nc32)[C@H](Br)[C@@H]1O.C=P(C)(C)CC[C@H]1O[C@@H](n2cnc3c(=O)[nH]c(N)nc32)[C@H](C)[C@@H]1O.C=P(C)(C)CC[C@H]1O[C@@H](n2cnc3c(=O)[nH]c(N)nc32)[C@H](Cl)[C@@H]1O.C=P(C)(C)CC[C@H]1O[C@@H](n2cnc3c(=O)[nH]c(N)nc32)[C@H](Cl)[C@@H]1O.C=P(C)(C)CC[C@H]1O[C@@H](n2cnc3c(=O)[nH]c(N)nc32)[C@H](OC)[C@@H]1O.C=P(C)(C)CC[C@H]1O[C@@H](n2cnc3c(=O)[nH]c(NCC)nc32)[C@H](O)[C@@H]1O. The molecule has 6 aliphatic heterocycles. The summed E-state index contributed by atoms with van der Waals surface area (Å²) in [7, 11) is 1.51. The van der Waals surface area contributed by atoms with Crippen molar-refractivity contribution < 1.29 is 68.9 Å². The van der Waals surface area contributed by atoms with Crippen molar-refractivity contribution in [1.82, 2.24) is 117 Å². The highest BCUT2D eigenvalue weighted by atomic mass is 79.9. The molecule has 147 heavy (non-hydrogen) atoms. The highest BCUT2D eigenvalue weighted by Crippen LogP contribution is 2.49. The maximum absolute atomic E-state index is 12.2. The van der Waals surface area contributed by atoms with E-state index in [0.29, 0.717) is 60.8 Å². The van der Waals surface area contributed by atoms with Crippen LogP contribution in [0.4, 0.5) is 35.7 Å². The van der Waals surface area contributed by atoms with Crippen molar-refractivity contribution in [2.75, 3.05) is 165 Å². The van der Waals surface area contributed by atoms with Crippen molar-refractivity contribution in [3.8, 4) is 0 Å². The van der Waals surface area contributed by atoms with Crippen LogP contribution in [0.25, 0.3) is 67.0 Å². The lowest BCUT2D eigenvalue weighted by Crippen LogP contribution is -2.33. The summed E-state index contributed by atoms with van der Waals surface area (Å²) in [6.45, 7) is 22.8. The lowest BCUT2D eigenvalue weighted by atomic mass is 10.0. The molecule has 24 atom stereocenters. The van der Waals surface area contributed by atoms with Crippen LogP contribution in [-0.2, 0) is 33.2 Å². The van der Waals surface area contributed by atoms with Gasteiger partial charge in [0.25, 0.3) is 33.4 Å². The Kier molecular flexibility index (Phi) is 36.4. The topological polar surface area (TPSA) is 730 Å². The molecule has 0 bridgehead atoms. The van der Waals surface area contributed by atoms with E-state index in [2.05, 4.69) is 229 Å². The molecule has 6 fully saturated rings. The lowest BCUT2D eigenvalue weighted by molar-refractivity contribution is -0.0496. The summed E-state index contributed by atoms with van der Waals surface area (Å²) in [5, 5.41) is 74.8. The van der Waals surface area contributed by atoms with Gasteiger partial charge in [0, 0.05) is 19.6 Å². The predicted molar refractivity (Wildman–Crippen MR) is 595 cm³/mol. The maximum Gasteiger partial charge on any atom is 0.280 e. The zero-order valence-corrected chi connectivity index (χ0v) is 92.9. The van der Waals surface area contributed by atoms with Crippen LogP contribution in [0, 0.1) is 5.92 Å². The number of aromatic amines is 6. The van der Waals surface area contributed by atoms with E-state index in [0.717, 1.165) is 49.8 Å². The Morgan fingerprint density at radius 3 is 0.905 bits per heavy atom. The number of rotatable bonds is 27. The Labute approximate surface area is 863 Å². The summed E-state index contributed by atoms with van der Waals surface area (Å²) in [6.07, 6.45) is 30.9. The molecule has 0 aromatic carbocycles. The van der Waals surface area contributed by atoms with Gasteiger partial charge in [0.1, 0.15) is 53.6 Å². The Morgan fingerprint density at radius 2 is 0.592 bits per heavy atom.